The third-order valence-electron chi connectivity index (χ3n) is 3.39. The predicted octanol–water partition coefficient (Wildman–Crippen LogP) is 2.80. The number of aryl methyl sites for hydroxylation is 1. The summed E-state index contributed by atoms with van der Waals surface area (Å²) in [5.74, 6) is 0.247. The number of rotatable bonds is 4. The maximum absolute atomic E-state index is 12.9. The zero-order valence-electron chi connectivity index (χ0n) is 12.5. The van der Waals surface area contributed by atoms with Gasteiger partial charge in [-0.2, -0.15) is 0 Å². The van der Waals surface area contributed by atoms with Crippen molar-refractivity contribution in [1.82, 2.24) is 14.8 Å². The molecule has 0 bridgehead atoms. The Labute approximate surface area is 132 Å². The van der Waals surface area contributed by atoms with Gasteiger partial charge in [-0.15, -0.1) is 10.2 Å². The van der Waals surface area contributed by atoms with E-state index in [-0.39, 0.29) is 18.1 Å². The minimum absolute atomic E-state index is 0.160. The third kappa shape index (κ3) is 3.60. The van der Waals surface area contributed by atoms with Gasteiger partial charge < -0.3 is 9.88 Å². The van der Waals surface area contributed by atoms with Crippen molar-refractivity contribution in [3.63, 3.8) is 0 Å². The summed E-state index contributed by atoms with van der Waals surface area (Å²) in [7, 11) is 1.86. The number of nitrogens with zero attached hydrogens (tertiary/aromatic N) is 3. The molecule has 1 aromatic heterocycles. The van der Waals surface area contributed by atoms with Gasteiger partial charge in [0, 0.05) is 18.3 Å². The van der Waals surface area contributed by atoms with Gasteiger partial charge in [0.1, 0.15) is 12.1 Å². The van der Waals surface area contributed by atoms with Crippen LogP contribution in [0.4, 0.5) is 10.1 Å². The van der Waals surface area contributed by atoms with Crippen molar-refractivity contribution >= 4 is 11.6 Å². The summed E-state index contributed by atoms with van der Waals surface area (Å²) in [5, 5.41) is 10.7. The molecule has 0 unspecified atom stereocenters. The molecule has 0 atom stereocenters. The molecule has 6 heteroatoms. The van der Waals surface area contributed by atoms with Crippen molar-refractivity contribution < 1.29 is 9.18 Å². The predicted molar refractivity (Wildman–Crippen MR) is 85.2 cm³/mol. The largest absolute Gasteiger partial charge is 0.326 e. The Morgan fingerprint density at radius 3 is 2.70 bits per heavy atom. The average molecular weight is 310 g/mol. The second-order valence-corrected chi connectivity index (χ2v) is 5.20. The fourth-order valence-corrected chi connectivity index (χ4v) is 2.27. The van der Waals surface area contributed by atoms with Crippen LogP contribution in [-0.4, -0.2) is 20.7 Å². The molecule has 3 rings (SSSR count). The van der Waals surface area contributed by atoms with E-state index in [1.54, 1.807) is 23.0 Å². The van der Waals surface area contributed by atoms with Crippen LogP contribution < -0.4 is 5.32 Å². The van der Waals surface area contributed by atoms with Crippen LogP contribution in [0.1, 0.15) is 5.56 Å². The zero-order chi connectivity index (χ0) is 16.2. The Morgan fingerprint density at radius 1 is 1.22 bits per heavy atom. The van der Waals surface area contributed by atoms with Crippen LogP contribution in [-0.2, 0) is 18.3 Å². The fraction of sp³-hybridized carbons (Fsp3) is 0.118. The fourth-order valence-electron chi connectivity index (χ4n) is 2.27. The summed E-state index contributed by atoms with van der Waals surface area (Å²) in [6.07, 6.45) is 1.81. The zero-order valence-corrected chi connectivity index (χ0v) is 12.5. The molecule has 0 aliphatic rings. The van der Waals surface area contributed by atoms with Crippen LogP contribution in [0.2, 0.25) is 0 Å². The highest BCUT2D eigenvalue weighted by atomic mass is 19.1. The standard InChI is InChI=1S/C17H15FN4O/c1-22-11-19-21-17(22)13-3-2-4-15(10-13)20-16(23)9-12-5-7-14(18)8-6-12/h2-8,10-11H,9H2,1H3,(H,20,23). The van der Waals surface area contributed by atoms with E-state index < -0.39 is 0 Å². The van der Waals surface area contributed by atoms with Gasteiger partial charge in [-0.3, -0.25) is 4.79 Å². The number of hydrogen-bond acceptors (Lipinski definition) is 3. The van der Waals surface area contributed by atoms with Gasteiger partial charge in [-0.25, -0.2) is 4.39 Å². The van der Waals surface area contributed by atoms with Crippen LogP contribution >= 0.6 is 0 Å². The molecule has 5 nitrogen and oxygen atoms in total. The van der Waals surface area contributed by atoms with Crippen LogP contribution in [0.15, 0.2) is 54.9 Å². The number of hydrogen-bond donors (Lipinski definition) is 1. The second kappa shape index (κ2) is 6.39. The molecule has 2 aromatic carbocycles. The molecule has 0 aliphatic heterocycles. The molecule has 1 amide bonds. The molecule has 3 aromatic rings. The smallest absolute Gasteiger partial charge is 0.228 e. The number of amides is 1. The van der Waals surface area contributed by atoms with Crippen molar-refractivity contribution in [3.8, 4) is 11.4 Å². The normalized spacial score (nSPS) is 10.5. The highest BCUT2D eigenvalue weighted by Gasteiger charge is 2.08. The van der Waals surface area contributed by atoms with Crippen LogP contribution in [0, 0.1) is 5.82 Å². The number of nitrogens with one attached hydrogen (secondary N) is 1. The molecule has 116 valence electrons. The van der Waals surface area contributed by atoms with Crippen LogP contribution in [0.5, 0.6) is 0 Å². The van der Waals surface area contributed by atoms with Gasteiger partial charge in [-0.1, -0.05) is 24.3 Å². The molecule has 1 heterocycles. The Bertz CT molecular complexity index is 827. The van der Waals surface area contributed by atoms with Crippen LogP contribution in [0.3, 0.4) is 0 Å². The minimum atomic E-state index is -0.314. The maximum Gasteiger partial charge on any atom is 0.228 e. The molecular weight excluding hydrogens is 295 g/mol. The van der Waals surface area contributed by atoms with Crippen molar-refractivity contribution in [1.29, 1.82) is 0 Å². The number of carbonyl (C=O) groups is 1. The minimum Gasteiger partial charge on any atom is -0.326 e. The van der Waals surface area contributed by atoms with Crippen LogP contribution in [0.25, 0.3) is 11.4 Å². The van der Waals surface area contributed by atoms with E-state index in [0.29, 0.717) is 5.69 Å². The molecular formula is C17H15FN4O. The SMILES string of the molecule is Cn1cnnc1-c1cccc(NC(=O)Cc2ccc(F)cc2)c1. The van der Waals surface area contributed by atoms with E-state index in [1.165, 1.54) is 12.1 Å². The van der Waals surface area contributed by atoms with E-state index in [2.05, 4.69) is 15.5 Å². The van der Waals surface area contributed by atoms with E-state index >= 15 is 0 Å². The number of halogens is 1. The Morgan fingerprint density at radius 2 is 2.00 bits per heavy atom. The van der Waals surface area contributed by atoms with E-state index in [4.69, 9.17) is 0 Å². The maximum atomic E-state index is 12.9. The third-order valence-corrected chi connectivity index (χ3v) is 3.39. The summed E-state index contributed by atoms with van der Waals surface area (Å²) in [4.78, 5) is 12.1. The number of benzene rings is 2. The van der Waals surface area contributed by atoms with E-state index in [1.807, 2.05) is 31.3 Å². The first-order valence-corrected chi connectivity index (χ1v) is 7.10. The summed E-state index contributed by atoms with van der Waals surface area (Å²) in [6.45, 7) is 0. The van der Waals surface area contributed by atoms with Gasteiger partial charge in [0.05, 0.1) is 6.42 Å². The first kappa shape index (κ1) is 14.9. The molecule has 0 fully saturated rings. The van der Waals surface area contributed by atoms with Crippen molar-refractivity contribution in [2.75, 3.05) is 5.32 Å². The quantitative estimate of drug-likeness (QED) is 0.806. The average Bonchev–Trinajstić information content (AvgIpc) is 2.96. The van der Waals surface area contributed by atoms with Gasteiger partial charge in [-0.05, 0) is 29.8 Å². The number of aromatic nitrogens is 3. The molecule has 1 N–H and O–H groups in total. The van der Waals surface area contributed by atoms with E-state index in [0.717, 1.165) is 17.0 Å². The Hall–Kier alpha value is -3.02. The second-order valence-electron chi connectivity index (χ2n) is 5.20. The molecule has 0 saturated carbocycles. The number of anilines is 1. The molecule has 0 radical (unpaired) electrons. The monoisotopic (exact) mass is 310 g/mol. The summed E-state index contributed by atoms with van der Waals surface area (Å²) in [6, 6.07) is 13.3. The van der Waals surface area contributed by atoms with Crippen molar-refractivity contribution in [2.24, 2.45) is 7.05 Å². The first-order chi connectivity index (χ1) is 11.1. The number of carbonyl (C=O) groups excluding carboxylic acids is 1. The summed E-state index contributed by atoms with van der Waals surface area (Å²) in [5.41, 5.74) is 2.30. The molecule has 0 aliphatic carbocycles. The first-order valence-electron chi connectivity index (χ1n) is 7.10. The lowest BCUT2D eigenvalue weighted by Crippen LogP contribution is -2.14. The lowest BCUT2D eigenvalue weighted by atomic mass is 10.1. The highest BCUT2D eigenvalue weighted by molar-refractivity contribution is 5.92. The van der Waals surface area contributed by atoms with E-state index in [9.17, 15) is 9.18 Å². The Kier molecular flexibility index (Phi) is 4.14. The summed E-state index contributed by atoms with van der Waals surface area (Å²) >= 11 is 0. The van der Waals surface area contributed by atoms with Crippen molar-refractivity contribution in [2.45, 2.75) is 6.42 Å². The summed E-state index contributed by atoms with van der Waals surface area (Å²) < 4.78 is 14.7. The lowest BCUT2D eigenvalue weighted by Gasteiger charge is -2.07. The van der Waals surface area contributed by atoms with Gasteiger partial charge in [0.25, 0.3) is 0 Å². The lowest BCUT2D eigenvalue weighted by molar-refractivity contribution is -0.115. The van der Waals surface area contributed by atoms with Gasteiger partial charge in [0.15, 0.2) is 5.82 Å². The topological polar surface area (TPSA) is 59.8 Å². The molecule has 0 saturated heterocycles. The van der Waals surface area contributed by atoms with Gasteiger partial charge >= 0.3 is 0 Å². The molecule has 23 heavy (non-hydrogen) atoms. The molecule has 0 spiro atoms. The van der Waals surface area contributed by atoms with Crippen molar-refractivity contribution in [3.05, 3.63) is 66.2 Å². The van der Waals surface area contributed by atoms with Gasteiger partial charge in [0.2, 0.25) is 5.91 Å². The Balaban J connectivity index is 1.71. The highest BCUT2D eigenvalue weighted by Crippen LogP contribution is 2.20.